The highest BCUT2D eigenvalue weighted by atomic mass is 16.2. The highest BCUT2D eigenvalue weighted by molar-refractivity contribution is 5.76. The van der Waals surface area contributed by atoms with Gasteiger partial charge < -0.3 is 5.32 Å². The maximum atomic E-state index is 11.9. The summed E-state index contributed by atoms with van der Waals surface area (Å²) in [5, 5.41) is 2.77. The average molecular weight is 274 g/mol. The second-order valence-corrected chi connectivity index (χ2v) is 4.31. The van der Waals surface area contributed by atoms with Gasteiger partial charge in [-0.2, -0.15) is 0 Å². The Hall–Kier alpha value is -2.70. The Morgan fingerprint density at radius 3 is 2.70 bits per heavy atom. The molecule has 2 aromatic heterocycles. The Morgan fingerprint density at radius 1 is 1.35 bits per heavy atom. The molecule has 1 atom stereocenters. The molecule has 7 nitrogen and oxygen atoms in total. The van der Waals surface area contributed by atoms with Crippen molar-refractivity contribution in [2.75, 3.05) is 0 Å². The fraction of sp³-hybridized carbons (Fsp3) is 0.231. The molecule has 2 N–H and O–H groups in total. The molecule has 0 radical (unpaired) electrons. The second kappa shape index (κ2) is 5.96. The van der Waals surface area contributed by atoms with E-state index in [9.17, 15) is 14.4 Å². The molecule has 0 saturated carbocycles. The first-order chi connectivity index (χ1) is 9.56. The van der Waals surface area contributed by atoms with Crippen LogP contribution in [0.25, 0.3) is 0 Å². The van der Waals surface area contributed by atoms with Crippen molar-refractivity contribution in [2.45, 2.75) is 19.5 Å². The standard InChI is InChI=1S/C13H14N4O3/c1-9(10-2-5-14-6-3-10)15-12(19)8-17-7-4-11(18)16-13(17)20/h2-7,9H,8H2,1H3,(H,15,19)(H,16,18,20)/t9-/m1/s1. The zero-order valence-electron chi connectivity index (χ0n) is 10.9. The Balaban J connectivity index is 2.02. The molecule has 2 heterocycles. The van der Waals surface area contributed by atoms with Crippen molar-refractivity contribution in [1.29, 1.82) is 0 Å². The summed E-state index contributed by atoms with van der Waals surface area (Å²) in [7, 11) is 0. The maximum Gasteiger partial charge on any atom is 0.328 e. The summed E-state index contributed by atoms with van der Waals surface area (Å²) in [4.78, 5) is 40.2. The van der Waals surface area contributed by atoms with Crippen molar-refractivity contribution in [3.8, 4) is 0 Å². The van der Waals surface area contributed by atoms with Gasteiger partial charge in [0.15, 0.2) is 0 Å². The lowest BCUT2D eigenvalue weighted by Gasteiger charge is -2.14. The van der Waals surface area contributed by atoms with Crippen LogP contribution >= 0.6 is 0 Å². The van der Waals surface area contributed by atoms with Gasteiger partial charge in [-0.05, 0) is 24.6 Å². The maximum absolute atomic E-state index is 11.9. The third-order valence-corrected chi connectivity index (χ3v) is 2.79. The van der Waals surface area contributed by atoms with Crippen LogP contribution < -0.4 is 16.6 Å². The van der Waals surface area contributed by atoms with Crippen molar-refractivity contribution < 1.29 is 4.79 Å². The van der Waals surface area contributed by atoms with E-state index in [4.69, 9.17) is 0 Å². The van der Waals surface area contributed by atoms with Gasteiger partial charge in [0.25, 0.3) is 5.56 Å². The topological polar surface area (TPSA) is 96.9 Å². The molecular weight excluding hydrogens is 260 g/mol. The van der Waals surface area contributed by atoms with Crippen LogP contribution in [0.2, 0.25) is 0 Å². The third kappa shape index (κ3) is 3.41. The van der Waals surface area contributed by atoms with Crippen molar-refractivity contribution in [3.05, 3.63) is 63.2 Å². The van der Waals surface area contributed by atoms with Gasteiger partial charge in [0.05, 0.1) is 6.04 Å². The fourth-order valence-electron chi connectivity index (χ4n) is 1.75. The third-order valence-electron chi connectivity index (χ3n) is 2.79. The molecule has 0 fully saturated rings. The van der Waals surface area contributed by atoms with E-state index in [0.29, 0.717) is 0 Å². The molecule has 0 saturated heterocycles. The molecular formula is C13H14N4O3. The molecule has 1 amide bonds. The fourth-order valence-corrected chi connectivity index (χ4v) is 1.75. The molecule has 20 heavy (non-hydrogen) atoms. The molecule has 104 valence electrons. The molecule has 2 aromatic rings. The number of pyridine rings is 1. The largest absolute Gasteiger partial charge is 0.348 e. The first kappa shape index (κ1) is 13.7. The minimum absolute atomic E-state index is 0.148. The summed E-state index contributed by atoms with van der Waals surface area (Å²) in [5.41, 5.74) is -0.178. The molecule has 7 heteroatoms. The van der Waals surface area contributed by atoms with E-state index >= 15 is 0 Å². The zero-order chi connectivity index (χ0) is 14.5. The number of hydrogen-bond donors (Lipinski definition) is 2. The van der Waals surface area contributed by atoms with E-state index in [1.165, 1.54) is 12.3 Å². The highest BCUT2D eigenvalue weighted by Gasteiger charge is 2.10. The number of rotatable bonds is 4. The van der Waals surface area contributed by atoms with Crippen molar-refractivity contribution in [2.24, 2.45) is 0 Å². The molecule has 0 aliphatic carbocycles. The Bertz CT molecular complexity index is 705. The Morgan fingerprint density at radius 2 is 2.05 bits per heavy atom. The second-order valence-electron chi connectivity index (χ2n) is 4.31. The predicted octanol–water partition coefficient (Wildman–Crippen LogP) is -0.191. The van der Waals surface area contributed by atoms with E-state index in [2.05, 4.69) is 15.3 Å². The van der Waals surface area contributed by atoms with Crippen LogP contribution in [0.15, 0.2) is 46.4 Å². The van der Waals surface area contributed by atoms with E-state index in [0.717, 1.165) is 10.1 Å². The van der Waals surface area contributed by atoms with Crippen LogP contribution in [-0.4, -0.2) is 20.4 Å². The summed E-state index contributed by atoms with van der Waals surface area (Å²) >= 11 is 0. The smallest absolute Gasteiger partial charge is 0.328 e. The average Bonchev–Trinajstić information content (AvgIpc) is 2.43. The van der Waals surface area contributed by atoms with Gasteiger partial charge in [0, 0.05) is 24.7 Å². The molecule has 0 aliphatic heterocycles. The SMILES string of the molecule is C[C@@H](NC(=O)Cn1ccc(=O)[nH]c1=O)c1ccncc1. The normalized spacial score (nSPS) is 11.8. The van der Waals surface area contributed by atoms with Gasteiger partial charge >= 0.3 is 5.69 Å². The Kier molecular flexibility index (Phi) is 4.09. The van der Waals surface area contributed by atoms with Gasteiger partial charge in [0.2, 0.25) is 5.91 Å². The van der Waals surface area contributed by atoms with Crippen LogP contribution in [0, 0.1) is 0 Å². The number of carbonyl (C=O) groups excluding carboxylic acids is 1. The Labute approximate surface area is 114 Å². The van der Waals surface area contributed by atoms with Crippen LogP contribution in [0.1, 0.15) is 18.5 Å². The summed E-state index contributed by atoms with van der Waals surface area (Å²) in [6, 6.07) is 4.61. The lowest BCUT2D eigenvalue weighted by molar-refractivity contribution is -0.122. The number of hydrogen-bond acceptors (Lipinski definition) is 4. The minimum atomic E-state index is -0.607. The predicted molar refractivity (Wildman–Crippen MR) is 72.1 cm³/mol. The van der Waals surface area contributed by atoms with Crippen molar-refractivity contribution in [3.63, 3.8) is 0 Å². The van der Waals surface area contributed by atoms with Gasteiger partial charge in [-0.25, -0.2) is 4.79 Å². The van der Waals surface area contributed by atoms with Gasteiger partial charge in [0.1, 0.15) is 6.54 Å². The van der Waals surface area contributed by atoms with Crippen molar-refractivity contribution in [1.82, 2.24) is 19.9 Å². The molecule has 0 aromatic carbocycles. The number of carbonyl (C=O) groups is 1. The molecule has 2 rings (SSSR count). The lowest BCUT2D eigenvalue weighted by Crippen LogP contribution is -2.36. The number of amides is 1. The summed E-state index contributed by atoms with van der Waals surface area (Å²) < 4.78 is 1.13. The van der Waals surface area contributed by atoms with E-state index in [-0.39, 0.29) is 18.5 Å². The zero-order valence-corrected chi connectivity index (χ0v) is 10.9. The first-order valence-corrected chi connectivity index (χ1v) is 6.05. The quantitative estimate of drug-likeness (QED) is 0.807. The van der Waals surface area contributed by atoms with Crippen LogP contribution in [-0.2, 0) is 11.3 Å². The number of nitrogens with one attached hydrogen (secondary N) is 2. The van der Waals surface area contributed by atoms with Gasteiger partial charge in [-0.15, -0.1) is 0 Å². The van der Waals surface area contributed by atoms with E-state index in [1.54, 1.807) is 24.5 Å². The number of H-pyrrole nitrogens is 1. The first-order valence-electron chi connectivity index (χ1n) is 6.05. The number of aromatic amines is 1. The van der Waals surface area contributed by atoms with E-state index in [1.807, 2.05) is 6.92 Å². The molecule has 0 unspecified atom stereocenters. The van der Waals surface area contributed by atoms with Gasteiger partial charge in [-0.1, -0.05) is 0 Å². The molecule has 0 spiro atoms. The molecule has 0 aliphatic rings. The minimum Gasteiger partial charge on any atom is -0.348 e. The van der Waals surface area contributed by atoms with E-state index < -0.39 is 11.2 Å². The highest BCUT2D eigenvalue weighted by Crippen LogP contribution is 2.09. The summed E-state index contributed by atoms with van der Waals surface area (Å²) in [5.74, 6) is -0.316. The number of nitrogens with zero attached hydrogens (tertiary/aromatic N) is 2. The molecule has 0 bridgehead atoms. The monoisotopic (exact) mass is 274 g/mol. The van der Waals surface area contributed by atoms with Gasteiger partial charge in [-0.3, -0.25) is 24.1 Å². The van der Waals surface area contributed by atoms with Crippen LogP contribution in [0.5, 0.6) is 0 Å². The van der Waals surface area contributed by atoms with Crippen LogP contribution in [0.3, 0.4) is 0 Å². The summed E-state index contributed by atoms with van der Waals surface area (Å²) in [6.45, 7) is 1.69. The lowest BCUT2D eigenvalue weighted by atomic mass is 10.1. The van der Waals surface area contributed by atoms with Crippen LogP contribution in [0.4, 0.5) is 0 Å². The summed E-state index contributed by atoms with van der Waals surface area (Å²) in [6.07, 6.45) is 4.58. The number of aromatic nitrogens is 3. The van der Waals surface area contributed by atoms with Crippen molar-refractivity contribution >= 4 is 5.91 Å².